The predicted octanol–water partition coefficient (Wildman–Crippen LogP) is 5.29. The lowest BCUT2D eigenvalue weighted by Crippen LogP contribution is -2.38. The zero-order chi connectivity index (χ0) is 26.7. The van der Waals surface area contributed by atoms with Crippen molar-refractivity contribution in [2.24, 2.45) is 0 Å². The largest absolute Gasteiger partial charge is 0.444 e. The number of ether oxygens (including phenoxy) is 1. The number of halogens is 2. The first kappa shape index (κ1) is 26.8. The summed E-state index contributed by atoms with van der Waals surface area (Å²) in [5.41, 5.74) is 1.23. The molecule has 7 nitrogen and oxygen atoms in total. The molecule has 4 rings (SSSR count). The molecule has 2 N–H and O–H groups in total. The maximum absolute atomic E-state index is 13.6. The zero-order valence-corrected chi connectivity index (χ0v) is 22.2. The first-order valence-electron chi connectivity index (χ1n) is 11.7. The number of nitrogens with zero attached hydrogens (tertiary/aromatic N) is 1. The van der Waals surface area contributed by atoms with Gasteiger partial charge in [0.25, 0.3) is 11.5 Å². The number of fused-ring (bicyclic) bond motifs is 1. The molecule has 0 fully saturated rings. The van der Waals surface area contributed by atoms with Crippen molar-refractivity contribution in [3.05, 3.63) is 98.2 Å². The van der Waals surface area contributed by atoms with E-state index in [0.717, 1.165) is 11.1 Å². The van der Waals surface area contributed by atoms with Gasteiger partial charge in [-0.05, 0) is 56.2 Å². The fraction of sp³-hybridized carbons (Fsp3) is 0.296. The van der Waals surface area contributed by atoms with Crippen molar-refractivity contribution in [2.45, 2.75) is 50.4 Å². The minimum Gasteiger partial charge on any atom is -0.444 e. The minimum atomic E-state index is -0.699. The average Bonchev–Trinajstić information content (AvgIpc) is 3.24. The van der Waals surface area contributed by atoms with Crippen LogP contribution < -0.4 is 16.2 Å². The van der Waals surface area contributed by atoms with Crippen molar-refractivity contribution in [2.75, 3.05) is 5.75 Å². The summed E-state index contributed by atoms with van der Waals surface area (Å²) in [6, 6.07) is 12.3. The number of aromatic nitrogens is 1. The van der Waals surface area contributed by atoms with Gasteiger partial charge in [0.2, 0.25) is 0 Å². The van der Waals surface area contributed by atoms with E-state index in [2.05, 4.69) is 10.6 Å². The standard InChI is InChI=1S/C27H27ClFN3O4S/c1-27(2,3)36-26(35)31-21-15-37-23-20(24(33)30-12-16-6-10-19(29)11-7-16)14-32(25(34)22(21)23)13-17-4-8-18(28)9-5-17/h4-11,14,21H,12-13,15H2,1-3H3,(H,30,33)(H,31,35)/t21-/m0/s1. The Morgan fingerprint density at radius 1 is 1.11 bits per heavy atom. The van der Waals surface area contributed by atoms with Crippen LogP contribution in [0.4, 0.5) is 9.18 Å². The van der Waals surface area contributed by atoms with E-state index in [9.17, 15) is 18.8 Å². The monoisotopic (exact) mass is 543 g/mol. The Labute approximate surface area is 223 Å². The van der Waals surface area contributed by atoms with E-state index in [0.29, 0.717) is 26.8 Å². The molecule has 1 aromatic heterocycles. The van der Waals surface area contributed by atoms with Crippen LogP contribution in [-0.2, 0) is 17.8 Å². The molecule has 0 unspecified atom stereocenters. The zero-order valence-electron chi connectivity index (χ0n) is 20.6. The molecule has 1 aliphatic heterocycles. The van der Waals surface area contributed by atoms with E-state index in [1.54, 1.807) is 51.2 Å². The highest BCUT2D eigenvalue weighted by Gasteiger charge is 2.34. The highest BCUT2D eigenvalue weighted by Crippen LogP contribution is 2.38. The van der Waals surface area contributed by atoms with E-state index in [-0.39, 0.29) is 30.4 Å². The number of hydrogen-bond acceptors (Lipinski definition) is 5. The van der Waals surface area contributed by atoms with Gasteiger partial charge in [-0.25, -0.2) is 9.18 Å². The average molecular weight is 544 g/mol. The first-order valence-corrected chi connectivity index (χ1v) is 13.0. The van der Waals surface area contributed by atoms with Crippen molar-refractivity contribution in [3.8, 4) is 0 Å². The van der Waals surface area contributed by atoms with Gasteiger partial charge in [-0.1, -0.05) is 35.9 Å². The van der Waals surface area contributed by atoms with Crippen molar-refractivity contribution in [1.29, 1.82) is 0 Å². The molecule has 0 saturated heterocycles. The van der Waals surface area contributed by atoms with Gasteiger partial charge in [0.1, 0.15) is 11.4 Å². The highest BCUT2D eigenvalue weighted by atomic mass is 35.5. The fourth-order valence-electron chi connectivity index (χ4n) is 3.89. The molecule has 0 radical (unpaired) electrons. The molecule has 0 aliphatic carbocycles. The quantitative estimate of drug-likeness (QED) is 0.441. The Kier molecular flexibility index (Phi) is 7.94. The third-order valence-electron chi connectivity index (χ3n) is 5.58. The molecule has 0 saturated carbocycles. The van der Waals surface area contributed by atoms with E-state index in [1.165, 1.54) is 28.5 Å². The minimum absolute atomic E-state index is 0.189. The molecule has 1 aliphatic rings. The molecule has 1 atom stereocenters. The molecule has 0 bridgehead atoms. The topological polar surface area (TPSA) is 89.4 Å². The van der Waals surface area contributed by atoms with Crippen molar-refractivity contribution < 1.29 is 18.7 Å². The summed E-state index contributed by atoms with van der Waals surface area (Å²) in [6.07, 6.45) is 0.902. The maximum Gasteiger partial charge on any atom is 0.408 e. The smallest absolute Gasteiger partial charge is 0.408 e. The molecule has 37 heavy (non-hydrogen) atoms. The first-order chi connectivity index (χ1) is 17.5. The molecule has 2 amide bonds. The van der Waals surface area contributed by atoms with Crippen molar-refractivity contribution in [1.82, 2.24) is 15.2 Å². The molecule has 194 valence electrons. The lowest BCUT2D eigenvalue weighted by atomic mass is 10.1. The number of nitrogens with one attached hydrogen (secondary N) is 2. The number of carbonyl (C=O) groups excluding carboxylic acids is 2. The van der Waals surface area contributed by atoms with Crippen molar-refractivity contribution in [3.63, 3.8) is 0 Å². The van der Waals surface area contributed by atoms with Crippen LogP contribution in [0.2, 0.25) is 5.02 Å². The lowest BCUT2D eigenvalue weighted by molar-refractivity contribution is 0.0508. The van der Waals surface area contributed by atoms with Gasteiger partial charge in [0, 0.05) is 28.4 Å². The van der Waals surface area contributed by atoms with Crippen LogP contribution >= 0.6 is 23.4 Å². The Morgan fingerprint density at radius 3 is 2.41 bits per heavy atom. The highest BCUT2D eigenvalue weighted by molar-refractivity contribution is 7.99. The van der Waals surface area contributed by atoms with Gasteiger partial charge >= 0.3 is 6.09 Å². The van der Waals surface area contributed by atoms with Gasteiger partial charge in [-0.15, -0.1) is 11.8 Å². The summed E-state index contributed by atoms with van der Waals surface area (Å²) in [5, 5.41) is 6.20. The van der Waals surface area contributed by atoms with E-state index in [1.807, 2.05) is 12.1 Å². The van der Waals surface area contributed by atoms with E-state index < -0.39 is 17.7 Å². The molecular formula is C27H27ClFN3O4S. The summed E-state index contributed by atoms with van der Waals surface area (Å²) >= 11 is 7.33. The summed E-state index contributed by atoms with van der Waals surface area (Å²) < 4.78 is 20.1. The van der Waals surface area contributed by atoms with E-state index in [4.69, 9.17) is 16.3 Å². The second-order valence-electron chi connectivity index (χ2n) is 9.66. The molecule has 3 aromatic rings. The molecule has 0 spiro atoms. The van der Waals surface area contributed by atoms with Crippen molar-refractivity contribution >= 4 is 35.4 Å². The van der Waals surface area contributed by atoms with Gasteiger partial charge in [0.05, 0.1) is 23.7 Å². The Balaban J connectivity index is 1.67. The van der Waals surface area contributed by atoms with Gasteiger partial charge in [0.15, 0.2) is 0 Å². The number of pyridine rings is 1. The number of thioether (sulfide) groups is 1. The molecular weight excluding hydrogens is 517 g/mol. The number of hydrogen-bond donors (Lipinski definition) is 2. The lowest BCUT2D eigenvalue weighted by Gasteiger charge is -2.22. The predicted molar refractivity (Wildman–Crippen MR) is 142 cm³/mol. The number of carbonyl (C=O) groups is 2. The third kappa shape index (κ3) is 6.72. The summed E-state index contributed by atoms with van der Waals surface area (Å²) in [5.74, 6) is -0.356. The van der Waals surface area contributed by atoms with E-state index >= 15 is 0 Å². The normalized spacial score (nSPS) is 14.7. The number of rotatable bonds is 6. The van der Waals surface area contributed by atoms with Crippen LogP contribution in [0.5, 0.6) is 0 Å². The second-order valence-corrected chi connectivity index (χ2v) is 11.1. The summed E-state index contributed by atoms with van der Waals surface area (Å²) in [4.78, 5) is 39.8. The molecule has 2 aromatic carbocycles. The summed E-state index contributed by atoms with van der Waals surface area (Å²) in [6.45, 7) is 5.67. The van der Waals surface area contributed by atoms with Gasteiger partial charge in [-0.2, -0.15) is 0 Å². The Bertz CT molecular complexity index is 1370. The number of benzene rings is 2. The third-order valence-corrected chi connectivity index (χ3v) is 7.06. The fourth-order valence-corrected chi connectivity index (χ4v) is 5.29. The van der Waals surface area contributed by atoms with Gasteiger partial charge < -0.3 is 19.9 Å². The van der Waals surface area contributed by atoms with Crippen LogP contribution in [0.15, 0.2) is 64.4 Å². The Hall–Kier alpha value is -3.30. The van der Waals surface area contributed by atoms with Gasteiger partial charge in [-0.3, -0.25) is 9.59 Å². The number of amides is 2. The maximum atomic E-state index is 13.6. The Morgan fingerprint density at radius 2 is 1.76 bits per heavy atom. The molecule has 2 heterocycles. The number of alkyl carbamates (subject to hydrolysis) is 1. The summed E-state index contributed by atoms with van der Waals surface area (Å²) in [7, 11) is 0. The SMILES string of the molecule is CC(C)(C)OC(=O)N[C@H]1CSc2c(C(=O)NCc3ccc(F)cc3)cn(Cc3ccc(Cl)cc3)c(=O)c21. The van der Waals surface area contributed by atoms with Crippen LogP contribution in [0, 0.1) is 5.82 Å². The second kappa shape index (κ2) is 11.0. The van der Waals surface area contributed by atoms with Crippen LogP contribution in [0.1, 0.15) is 53.9 Å². The van der Waals surface area contributed by atoms with Crippen LogP contribution in [0.25, 0.3) is 0 Å². The molecule has 10 heteroatoms. The van der Waals surface area contributed by atoms with Crippen LogP contribution in [-0.4, -0.2) is 27.9 Å². The van der Waals surface area contributed by atoms with Crippen LogP contribution in [0.3, 0.4) is 0 Å².